The Kier molecular flexibility index (Phi) is 3.82. The van der Waals surface area contributed by atoms with Gasteiger partial charge in [-0.1, -0.05) is 36.4 Å². The molecule has 0 atom stereocenters. The maximum absolute atomic E-state index is 11.7. The number of thiocarbonyl (C=S) groups is 1. The van der Waals surface area contributed by atoms with Crippen molar-refractivity contribution in [2.75, 3.05) is 6.54 Å². The number of rotatable bonds is 4. The van der Waals surface area contributed by atoms with Gasteiger partial charge in [0.15, 0.2) is 0 Å². The molecule has 0 aromatic heterocycles. The number of amides is 2. The van der Waals surface area contributed by atoms with E-state index in [0.717, 1.165) is 15.5 Å². The number of benzene rings is 1. The molecule has 96 valence electrons. The summed E-state index contributed by atoms with van der Waals surface area (Å²) in [5.74, 6) is -1.44. The second-order valence-electron chi connectivity index (χ2n) is 3.76. The third-order valence-corrected chi connectivity index (χ3v) is 2.86. The summed E-state index contributed by atoms with van der Waals surface area (Å²) < 4.78 is 0. The van der Waals surface area contributed by atoms with Gasteiger partial charge >= 0.3 is 11.8 Å². The summed E-state index contributed by atoms with van der Waals surface area (Å²) in [6.07, 6.45) is 2.98. The average molecular weight is 273 g/mol. The van der Waals surface area contributed by atoms with Crippen LogP contribution in [0.4, 0.5) is 0 Å². The summed E-state index contributed by atoms with van der Waals surface area (Å²) in [5.41, 5.74) is 0.813. The SMILES string of the molecule is C=CCN1C(=O)C(=O)N(/N=C/c2ccccc2)C1=S. The number of carbonyl (C=O) groups excluding carboxylic acids is 2. The van der Waals surface area contributed by atoms with Crippen molar-refractivity contribution < 1.29 is 9.59 Å². The molecule has 0 aliphatic carbocycles. The Morgan fingerprint density at radius 2 is 1.89 bits per heavy atom. The van der Waals surface area contributed by atoms with Crippen LogP contribution >= 0.6 is 12.2 Å². The predicted molar refractivity (Wildman–Crippen MR) is 75.4 cm³/mol. The molecular formula is C13H11N3O2S. The molecule has 0 spiro atoms. The topological polar surface area (TPSA) is 53.0 Å². The van der Waals surface area contributed by atoms with Crippen LogP contribution in [-0.2, 0) is 9.59 Å². The summed E-state index contributed by atoms with van der Waals surface area (Å²) in [5, 5.41) is 4.96. The standard InChI is InChI=1S/C13H11N3O2S/c1-2-8-15-11(17)12(18)16(13(15)19)14-9-10-6-4-3-5-7-10/h2-7,9H,1,8H2/b14-9+. The third-order valence-electron chi connectivity index (χ3n) is 2.47. The Morgan fingerprint density at radius 1 is 1.21 bits per heavy atom. The van der Waals surface area contributed by atoms with Crippen LogP contribution < -0.4 is 0 Å². The van der Waals surface area contributed by atoms with Gasteiger partial charge in [0.05, 0.1) is 6.21 Å². The monoisotopic (exact) mass is 273 g/mol. The van der Waals surface area contributed by atoms with Gasteiger partial charge < -0.3 is 0 Å². The molecule has 0 unspecified atom stereocenters. The Hall–Kier alpha value is -2.34. The molecule has 1 aromatic carbocycles. The molecule has 1 saturated heterocycles. The van der Waals surface area contributed by atoms with E-state index in [4.69, 9.17) is 12.2 Å². The van der Waals surface area contributed by atoms with E-state index in [0.29, 0.717) is 0 Å². The molecule has 6 heteroatoms. The first-order valence-electron chi connectivity index (χ1n) is 5.55. The van der Waals surface area contributed by atoms with Crippen LogP contribution in [0, 0.1) is 0 Å². The lowest BCUT2D eigenvalue weighted by molar-refractivity contribution is -0.143. The van der Waals surface area contributed by atoms with E-state index in [1.165, 1.54) is 12.3 Å². The van der Waals surface area contributed by atoms with Crippen molar-refractivity contribution in [2.45, 2.75) is 0 Å². The molecule has 1 aliphatic heterocycles. The molecule has 0 N–H and O–H groups in total. The highest BCUT2D eigenvalue weighted by Gasteiger charge is 2.41. The Bertz CT molecular complexity index is 569. The van der Waals surface area contributed by atoms with Gasteiger partial charge in [-0.15, -0.1) is 6.58 Å². The number of nitrogens with zero attached hydrogens (tertiary/aromatic N) is 3. The van der Waals surface area contributed by atoms with Crippen molar-refractivity contribution in [1.29, 1.82) is 0 Å². The van der Waals surface area contributed by atoms with Crippen molar-refractivity contribution in [3.05, 3.63) is 48.6 Å². The molecule has 0 bridgehead atoms. The molecule has 1 fully saturated rings. The van der Waals surface area contributed by atoms with Gasteiger partial charge in [-0.3, -0.25) is 14.5 Å². The second-order valence-corrected chi connectivity index (χ2v) is 4.12. The smallest absolute Gasteiger partial charge is 0.275 e. The molecule has 1 aromatic rings. The lowest BCUT2D eigenvalue weighted by Gasteiger charge is -2.12. The van der Waals surface area contributed by atoms with Gasteiger partial charge in [0.2, 0.25) is 5.11 Å². The molecule has 1 heterocycles. The number of hydrazone groups is 1. The lowest BCUT2D eigenvalue weighted by atomic mass is 10.2. The van der Waals surface area contributed by atoms with Crippen LogP contribution in [-0.4, -0.2) is 39.6 Å². The van der Waals surface area contributed by atoms with Crippen molar-refractivity contribution >= 4 is 35.4 Å². The van der Waals surface area contributed by atoms with Crippen molar-refractivity contribution in [1.82, 2.24) is 9.91 Å². The fourth-order valence-corrected chi connectivity index (χ4v) is 1.84. The molecule has 2 amide bonds. The van der Waals surface area contributed by atoms with E-state index in [1.807, 2.05) is 30.3 Å². The van der Waals surface area contributed by atoms with E-state index in [-0.39, 0.29) is 11.7 Å². The van der Waals surface area contributed by atoms with Crippen LogP contribution in [0.5, 0.6) is 0 Å². The first-order valence-corrected chi connectivity index (χ1v) is 5.96. The van der Waals surface area contributed by atoms with Crippen LogP contribution in [0.15, 0.2) is 48.1 Å². The van der Waals surface area contributed by atoms with Gasteiger partial charge in [-0.05, 0) is 17.8 Å². The number of hydrogen-bond acceptors (Lipinski definition) is 4. The Balaban J connectivity index is 2.19. The van der Waals surface area contributed by atoms with Gasteiger partial charge in [0, 0.05) is 6.54 Å². The van der Waals surface area contributed by atoms with E-state index < -0.39 is 11.8 Å². The number of hydrogen-bond donors (Lipinski definition) is 0. The molecule has 1 aliphatic rings. The molecule has 0 saturated carbocycles. The maximum Gasteiger partial charge on any atom is 0.339 e. The van der Waals surface area contributed by atoms with Crippen LogP contribution in [0.2, 0.25) is 0 Å². The van der Waals surface area contributed by atoms with E-state index in [2.05, 4.69) is 11.7 Å². The Labute approximate surface area is 115 Å². The first kappa shape index (κ1) is 13.1. The summed E-state index contributed by atoms with van der Waals surface area (Å²) >= 11 is 5.05. The van der Waals surface area contributed by atoms with Gasteiger partial charge in [-0.2, -0.15) is 10.1 Å². The number of carbonyl (C=O) groups is 2. The van der Waals surface area contributed by atoms with Crippen LogP contribution in [0.25, 0.3) is 0 Å². The fraction of sp³-hybridized carbons (Fsp3) is 0.0769. The second kappa shape index (κ2) is 5.53. The zero-order valence-corrected chi connectivity index (χ0v) is 10.8. The molecular weight excluding hydrogens is 262 g/mol. The summed E-state index contributed by atoms with van der Waals surface area (Å²) in [7, 11) is 0. The van der Waals surface area contributed by atoms with Crippen LogP contribution in [0.3, 0.4) is 0 Å². The highest BCUT2D eigenvalue weighted by molar-refractivity contribution is 7.80. The highest BCUT2D eigenvalue weighted by atomic mass is 32.1. The zero-order chi connectivity index (χ0) is 13.8. The van der Waals surface area contributed by atoms with Crippen LogP contribution in [0.1, 0.15) is 5.56 Å². The van der Waals surface area contributed by atoms with Crippen molar-refractivity contribution in [2.24, 2.45) is 5.10 Å². The van der Waals surface area contributed by atoms with Gasteiger partial charge in [0.1, 0.15) is 0 Å². The van der Waals surface area contributed by atoms with E-state index in [9.17, 15) is 9.59 Å². The first-order chi connectivity index (χ1) is 9.15. The minimum absolute atomic E-state index is 0.0714. The Morgan fingerprint density at radius 3 is 2.53 bits per heavy atom. The van der Waals surface area contributed by atoms with E-state index >= 15 is 0 Å². The molecule has 5 nitrogen and oxygen atoms in total. The summed E-state index contributed by atoms with van der Waals surface area (Å²) in [6, 6.07) is 9.23. The van der Waals surface area contributed by atoms with E-state index in [1.54, 1.807) is 0 Å². The van der Waals surface area contributed by atoms with Crippen molar-refractivity contribution in [3.63, 3.8) is 0 Å². The van der Waals surface area contributed by atoms with Crippen molar-refractivity contribution in [3.8, 4) is 0 Å². The van der Waals surface area contributed by atoms with Gasteiger partial charge in [0.25, 0.3) is 0 Å². The minimum atomic E-state index is -0.751. The molecule has 2 rings (SSSR count). The quantitative estimate of drug-likeness (QED) is 0.358. The lowest BCUT2D eigenvalue weighted by Crippen LogP contribution is -2.31. The minimum Gasteiger partial charge on any atom is -0.275 e. The average Bonchev–Trinajstić information content (AvgIpc) is 2.63. The normalized spacial score (nSPS) is 15.7. The molecule has 19 heavy (non-hydrogen) atoms. The highest BCUT2D eigenvalue weighted by Crippen LogP contribution is 2.12. The largest absolute Gasteiger partial charge is 0.339 e. The maximum atomic E-state index is 11.7. The molecule has 0 radical (unpaired) electrons. The fourth-order valence-electron chi connectivity index (χ4n) is 1.55. The van der Waals surface area contributed by atoms with Gasteiger partial charge in [-0.25, -0.2) is 0 Å². The summed E-state index contributed by atoms with van der Waals surface area (Å²) in [4.78, 5) is 24.5. The predicted octanol–water partition coefficient (Wildman–Crippen LogP) is 1.16. The third kappa shape index (κ3) is 2.58. The summed E-state index contributed by atoms with van der Waals surface area (Å²) in [6.45, 7) is 3.71. The zero-order valence-electron chi connectivity index (χ0n) is 10.0.